The molecule has 0 aliphatic rings. The van der Waals surface area contributed by atoms with Crippen molar-refractivity contribution in [3.8, 4) is 0 Å². The third-order valence-electron chi connectivity index (χ3n) is 2.11. The van der Waals surface area contributed by atoms with E-state index in [-0.39, 0.29) is 0 Å². The van der Waals surface area contributed by atoms with Gasteiger partial charge in [-0.2, -0.15) is 0 Å². The summed E-state index contributed by atoms with van der Waals surface area (Å²) in [6, 6.07) is 8.85. The zero-order valence-corrected chi connectivity index (χ0v) is 8.38. The fraction of sp³-hybridized carbons (Fsp3) is 0.333. The summed E-state index contributed by atoms with van der Waals surface area (Å²) < 4.78 is 0. The van der Waals surface area contributed by atoms with Crippen LogP contribution in [0.1, 0.15) is 19.4 Å². The monoisotopic (exact) mass is 175 g/mol. The maximum absolute atomic E-state index is 3.73. The molecule has 0 amide bonds. The van der Waals surface area contributed by atoms with Crippen LogP contribution in [-0.4, -0.2) is 6.04 Å². The van der Waals surface area contributed by atoms with Crippen molar-refractivity contribution in [3.63, 3.8) is 0 Å². The predicted octanol–water partition coefficient (Wildman–Crippen LogP) is 3.24. The van der Waals surface area contributed by atoms with E-state index in [1.807, 2.05) is 6.08 Å². The van der Waals surface area contributed by atoms with Crippen molar-refractivity contribution in [3.05, 3.63) is 42.5 Å². The molecular weight excluding hydrogens is 158 g/mol. The Morgan fingerprint density at radius 3 is 2.46 bits per heavy atom. The van der Waals surface area contributed by atoms with Crippen LogP contribution in [0, 0.1) is 0 Å². The molecule has 1 heteroatoms. The van der Waals surface area contributed by atoms with E-state index < -0.39 is 0 Å². The first kappa shape index (κ1) is 9.85. The highest BCUT2D eigenvalue weighted by Gasteiger charge is 1.95. The Labute approximate surface area is 80.5 Å². The first-order chi connectivity index (χ1) is 6.26. The van der Waals surface area contributed by atoms with Gasteiger partial charge in [0, 0.05) is 11.7 Å². The Morgan fingerprint density at radius 2 is 2.00 bits per heavy atom. The van der Waals surface area contributed by atoms with Crippen LogP contribution in [0.2, 0.25) is 0 Å². The molecule has 0 heterocycles. The molecule has 0 aromatic heterocycles. The van der Waals surface area contributed by atoms with Crippen LogP contribution in [0.4, 0.5) is 5.69 Å². The highest BCUT2D eigenvalue weighted by Crippen LogP contribution is 2.11. The van der Waals surface area contributed by atoms with Crippen LogP contribution in [-0.2, 0) is 6.42 Å². The van der Waals surface area contributed by atoms with Crippen LogP contribution >= 0.6 is 0 Å². The van der Waals surface area contributed by atoms with Crippen molar-refractivity contribution in [2.45, 2.75) is 26.3 Å². The summed E-state index contributed by atoms with van der Waals surface area (Å²) in [6.45, 7) is 7.97. The molecule has 1 atom stereocenters. The molecule has 0 fully saturated rings. The maximum Gasteiger partial charge on any atom is 0.0413 e. The van der Waals surface area contributed by atoms with Crippen LogP contribution in [0.15, 0.2) is 36.9 Å². The smallest absolute Gasteiger partial charge is 0.0413 e. The molecule has 0 saturated carbocycles. The Hall–Kier alpha value is -1.24. The standard InChI is InChI=1S/C12H17N/c1-4-10(3)13-12-8-6-11(5-2)7-9-12/h4,6-10,13H,1,5H2,2-3H3. The highest BCUT2D eigenvalue weighted by atomic mass is 14.9. The molecule has 1 N–H and O–H groups in total. The molecule has 0 spiro atoms. The molecule has 1 aromatic rings. The minimum absolute atomic E-state index is 0.326. The second-order valence-electron chi connectivity index (χ2n) is 3.22. The third kappa shape index (κ3) is 2.94. The average Bonchev–Trinajstić information content (AvgIpc) is 2.19. The summed E-state index contributed by atoms with van der Waals surface area (Å²) in [7, 11) is 0. The molecule has 0 aliphatic heterocycles. The zero-order chi connectivity index (χ0) is 9.68. The molecule has 0 bridgehead atoms. The quantitative estimate of drug-likeness (QED) is 0.693. The fourth-order valence-corrected chi connectivity index (χ4v) is 1.16. The number of hydrogen-bond acceptors (Lipinski definition) is 1. The van der Waals surface area contributed by atoms with Gasteiger partial charge in [0.25, 0.3) is 0 Å². The number of nitrogens with one attached hydrogen (secondary N) is 1. The average molecular weight is 175 g/mol. The lowest BCUT2D eigenvalue weighted by Crippen LogP contribution is -2.10. The normalized spacial score (nSPS) is 12.2. The molecule has 70 valence electrons. The van der Waals surface area contributed by atoms with E-state index in [0.717, 1.165) is 12.1 Å². The van der Waals surface area contributed by atoms with Crippen LogP contribution in [0.3, 0.4) is 0 Å². The Kier molecular flexibility index (Phi) is 3.56. The molecule has 1 unspecified atom stereocenters. The maximum atomic E-state index is 3.73. The topological polar surface area (TPSA) is 12.0 Å². The van der Waals surface area contributed by atoms with Gasteiger partial charge >= 0.3 is 0 Å². The van der Waals surface area contributed by atoms with E-state index in [1.165, 1.54) is 5.56 Å². The number of aryl methyl sites for hydroxylation is 1. The van der Waals surface area contributed by atoms with E-state index in [9.17, 15) is 0 Å². The van der Waals surface area contributed by atoms with E-state index in [2.05, 4.69) is 50.0 Å². The summed E-state index contributed by atoms with van der Waals surface area (Å²) in [5.41, 5.74) is 2.53. The van der Waals surface area contributed by atoms with Crippen LogP contribution < -0.4 is 5.32 Å². The van der Waals surface area contributed by atoms with Crippen molar-refractivity contribution < 1.29 is 0 Å². The summed E-state index contributed by atoms with van der Waals surface area (Å²) in [5.74, 6) is 0. The van der Waals surface area contributed by atoms with Crippen LogP contribution in [0.5, 0.6) is 0 Å². The first-order valence-electron chi connectivity index (χ1n) is 4.74. The Morgan fingerprint density at radius 1 is 1.38 bits per heavy atom. The number of hydrogen-bond donors (Lipinski definition) is 1. The van der Waals surface area contributed by atoms with Gasteiger partial charge in [0.05, 0.1) is 0 Å². The van der Waals surface area contributed by atoms with E-state index in [0.29, 0.717) is 6.04 Å². The van der Waals surface area contributed by atoms with Crippen molar-refractivity contribution in [1.82, 2.24) is 0 Å². The van der Waals surface area contributed by atoms with E-state index >= 15 is 0 Å². The second kappa shape index (κ2) is 4.70. The van der Waals surface area contributed by atoms with E-state index in [1.54, 1.807) is 0 Å². The Balaban J connectivity index is 2.63. The van der Waals surface area contributed by atoms with Gasteiger partial charge < -0.3 is 5.32 Å². The number of anilines is 1. The van der Waals surface area contributed by atoms with Gasteiger partial charge in [0.15, 0.2) is 0 Å². The molecule has 0 radical (unpaired) electrons. The van der Waals surface area contributed by atoms with Crippen molar-refractivity contribution in [2.75, 3.05) is 5.32 Å². The molecular formula is C12H17N. The molecule has 13 heavy (non-hydrogen) atoms. The molecule has 0 aliphatic carbocycles. The molecule has 0 saturated heterocycles. The summed E-state index contributed by atoms with van der Waals surface area (Å²) in [6.07, 6.45) is 2.99. The second-order valence-corrected chi connectivity index (χ2v) is 3.22. The highest BCUT2D eigenvalue weighted by molar-refractivity contribution is 5.45. The van der Waals surface area contributed by atoms with Gasteiger partial charge in [-0.05, 0) is 31.0 Å². The van der Waals surface area contributed by atoms with Crippen LogP contribution in [0.25, 0.3) is 0 Å². The first-order valence-corrected chi connectivity index (χ1v) is 4.74. The lowest BCUT2D eigenvalue weighted by molar-refractivity contribution is 1.00. The van der Waals surface area contributed by atoms with Gasteiger partial charge in [0.1, 0.15) is 0 Å². The zero-order valence-electron chi connectivity index (χ0n) is 8.38. The molecule has 1 aromatic carbocycles. The lowest BCUT2D eigenvalue weighted by Gasteiger charge is -2.10. The summed E-state index contributed by atoms with van der Waals surface area (Å²) >= 11 is 0. The minimum Gasteiger partial charge on any atom is -0.379 e. The number of rotatable bonds is 4. The van der Waals surface area contributed by atoms with Gasteiger partial charge in [-0.1, -0.05) is 25.1 Å². The van der Waals surface area contributed by atoms with Crippen molar-refractivity contribution >= 4 is 5.69 Å². The molecule has 1 nitrogen and oxygen atoms in total. The minimum atomic E-state index is 0.326. The van der Waals surface area contributed by atoms with Crippen molar-refractivity contribution in [2.24, 2.45) is 0 Å². The van der Waals surface area contributed by atoms with Gasteiger partial charge in [-0.15, -0.1) is 6.58 Å². The van der Waals surface area contributed by atoms with Crippen molar-refractivity contribution in [1.29, 1.82) is 0 Å². The summed E-state index contributed by atoms with van der Waals surface area (Å²) in [4.78, 5) is 0. The Bertz CT molecular complexity index is 261. The predicted molar refractivity (Wildman–Crippen MR) is 59.1 cm³/mol. The van der Waals surface area contributed by atoms with E-state index in [4.69, 9.17) is 0 Å². The summed E-state index contributed by atoms with van der Waals surface area (Å²) in [5, 5.41) is 3.32. The lowest BCUT2D eigenvalue weighted by atomic mass is 10.1. The SMILES string of the molecule is C=CC(C)Nc1ccc(CC)cc1. The third-order valence-corrected chi connectivity index (χ3v) is 2.11. The van der Waals surface area contributed by atoms with Gasteiger partial charge in [-0.25, -0.2) is 0 Å². The number of benzene rings is 1. The fourth-order valence-electron chi connectivity index (χ4n) is 1.16. The van der Waals surface area contributed by atoms with Gasteiger partial charge in [-0.3, -0.25) is 0 Å². The largest absolute Gasteiger partial charge is 0.379 e. The molecule has 1 rings (SSSR count). The van der Waals surface area contributed by atoms with Gasteiger partial charge in [0.2, 0.25) is 0 Å².